The van der Waals surface area contributed by atoms with Crippen LogP contribution < -0.4 is 43.8 Å². The van der Waals surface area contributed by atoms with Gasteiger partial charge in [0.2, 0.25) is 0 Å². The zero-order valence-electron chi connectivity index (χ0n) is 47.4. The highest BCUT2D eigenvalue weighted by Gasteiger charge is 2.25. The van der Waals surface area contributed by atoms with Crippen molar-refractivity contribution in [3.8, 4) is 51.0 Å². The first-order valence-electron chi connectivity index (χ1n) is 26.4. The number of rotatable bonds is 16. The molecule has 9 aromatic carbocycles. The molecule has 0 aliphatic heterocycles. The first-order chi connectivity index (χ1) is 36.8. The molecule has 0 aromatic heterocycles. The normalized spacial score (nSPS) is 11.4. The molecule has 77 heavy (non-hydrogen) atoms. The van der Waals surface area contributed by atoms with Crippen LogP contribution in [-0.4, -0.2) is 0 Å². The predicted octanol–water partition coefficient (Wildman–Crippen LogP) is 18.3. The lowest BCUT2D eigenvalue weighted by atomic mass is 10.1. The molecule has 0 bridgehead atoms. The molecule has 0 radical (unpaired) electrons. The lowest BCUT2D eigenvalue weighted by molar-refractivity contribution is 0.496. The van der Waals surface area contributed by atoms with Crippen molar-refractivity contribution in [1.29, 1.82) is 0 Å². The summed E-state index contributed by atoms with van der Waals surface area (Å²) in [6.07, 6.45) is 0. The SMILES string of the molecule is Cc1cc(C)c(OP(Oc2cc(C)c(C)cc2C)c2ccc(-c3ccc(P(Oc4cc(C)c(C)cc4C)c4ccc(-c5ccc(P(Oc6cc(C)c(C)cc6C)Oc6cc(C)c(C)cc6C)cc5)cc4)cc3)cc2)cc1C. The molecule has 5 nitrogen and oxygen atoms in total. The average Bonchev–Trinajstić information content (AvgIpc) is 3.40. The Hall–Kier alpha value is -6.73. The molecule has 0 unspecified atom stereocenters. The number of hydrogen-bond donors (Lipinski definition) is 0. The Balaban J connectivity index is 0.989. The summed E-state index contributed by atoms with van der Waals surface area (Å²) in [6.45, 7) is 31.9. The Labute approximate surface area is 462 Å². The maximum Gasteiger partial charge on any atom is 0.326 e. The van der Waals surface area contributed by atoms with Crippen LogP contribution in [0.5, 0.6) is 28.7 Å². The third kappa shape index (κ3) is 12.7. The van der Waals surface area contributed by atoms with Crippen molar-refractivity contribution < 1.29 is 22.6 Å². The van der Waals surface area contributed by atoms with Crippen molar-refractivity contribution in [3.63, 3.8) is 0 Å². The molecule has 392 valence electrons. The molecule has 0 heterocycles. The van der Waals surface area contributed by atoms with Gasteiger partial charge in [-0.2, -0.15) is 0 Å². The van der Waals surface area contributed by atoms with Gasteiger partial charge >= 0.3 is 16.8 Å². The fourth-order valence-electron chi connectivity index (χ4n) is 9.25. The molecule has 0 atom stereocenters. The summed E-state index contributed by atoms with van der Waals surface area (Å²) in [7, 11) is -4.26. The van der Waals surface area contributed by atoms with Gasteiger partial charge in [0.05, 0.1) is 10.6 Å². The van der Waals surface area contributed by atoms with Gasteiger partial charge in [-0.1, -0.05) is 103 Å². The molecule has 0 spiro atoms. The van der Waals surface area contributed by atoms with Crippen LogP contribution in [0.25, 0.3) is 22.3 Å². The molecule has 9 rings (SSSR count). The van der Waals surface area contributed by atoms with E-state index in [-0.39, 0.29) is 0 Å². The van der Waals surface area contributed by atoms with E-state index in [2.05, 4.69) is 262 Å². The average molecular weight is 1070 g/mol. The van der Waals surface area contributed by atoms with E-state index in [1.807, 2.05) is 0 Å². The van der Waals surface area contributed by atoms with E-state index in [9.17, 15) is 0 Å². The fourth-order valence-corrected chi connectivity index (χ4v) is 13.8. The summed E-state index contributed by atoms with van der Waals surface area (Å²) in [5, 5.41) is 4.24. The van der Waals surface area contributed by atoms with Crippen LogP contribution in [0.3, 0.4) is 0 Å². The van der Waals surface area contributed by atoms with E-state index in [0.29, 0.717) is 0 Å². The van der Waals surface area contributed by atoms with E-state index in [0.717, 1.165) is 100 Å². The van der Waals surface area contributed by atoms with Crippen LogP contribution in [0.15, 0.2) is 158 Å². The van der Waals surface area contributed by atoms with Crippen molar-refractivity contribution in [2.24, 2.45) is 0 Å². The van der Waals surface area contributed by atoms with Gasteiger partial charge in [0.15, 0.2) is 8.15 Å². The Morgan fingerprint density at radius 3 is 0.597 bits per heavy atom. The van der Waals surface area contributed by atoms with Crippen LogP contribution in [0.1, 0.15) is 83.5 Å². The van der Waals surface area contributed by atoms with Crippen LogP contribution in [0, 0.1) is 104 Å². The van der Waals surface area contributed by atoms with Crippen molar-refractivity contribution in [2.45, 2.75) is 104 Å². The second-order valence-electron chi connectivity index (χ2n) is 21.0. The molecule has 0 fully saturated rings. The third-order valence-electron chi connectivity index (χ3n) is 14.9. The summed E-state index contributed by atoms with van der Waals surface area (Å²) in [5.74, 6) is 4.27. The lowest BCUT2D eigenvalue weighted by Gasteiger charge is -2.23. The van der Waals surface area contributed by atoms with Crippen LogP contribution in [0.4, 0.5) is 0 Å². The minimum Gasteiger partial charge on any atom is -0.464 e. The number of aryl methyl sites for hydroxylation is 15. The smallest absolute Gasteiger partial charge is 0.326 e. The lowest BCUT2D eigenvalue weighted by Crippen LogP contribution is -2.16. The van der Waals surface area contributed by atoms with E-state index in [4.69, 9.17) is 22.6 Å². The highest BCUT2D eigenvalue weighted by atomic mass is 31.2. The Bertz CT molecular complexity index is 3270. The highest BCUT2D eigenvalue weighted by Crippen LogP contribution is 2.46. The largest absolute Gasteiger partial charge is 0.464 e. The van der Waals surface area contributed by atoms with Gasteiger partial charge in [0.1, 0.15) is 28.7 Å². The van der Waals surface area contributed by atoms with Gasteiger partial charge in [0.25, 0.3) is 0 Å². The van der Waals surface area contributed by atoms with Crippen molar-refractivity contribution in [2.75, 3.05) is 0 Å². The second-order valence-corrected chi connectivity index (χ2v) is 25.6. The molecule has 0 saturated carbocycles. The molecule has 0 saturated heterocycles. The highest BCUT2D eigenvalue weighted by molar-refractivity contribution is 7.68. The summed E-state index contributed by atoms with van der Waals surface area (Å²) < 4.78 is 34.4. The van der Waals surface area contributed by atoms with Gasteiger partial charge < -0.3 is 22.6 Å². The number of benzene rings is 9. The standard InChI is InChI=1S/C69H71O5P3/c1-42-32-52(11)65(37-47(42)6)70-75(61-24-16-57(17-25-61)59-20-28-63(29-21-59)76(71-66-38-48(7)43(2)33-53(66)12)72-67-39-49(8)44(3)34-54(67)13)62-26-18-58(19-27-62)60-22-30-64(31-23-60)77(73-68-40-50(9)45(4)35-55(68)14)74-69-41-51(10)46(5)36-56(69)15/h16-41H,1-15H3. The predicted molar refractivity (Wildman–Crippen MR) is 329 cm³/mol. The first kappa shape index (κ1) is 55.0. The summed E-state index contributed by atoms with van der Waals surface area (Å²) in [4.78, 5) is 0. The molecular weight excluding hydrogens is 1000 g/mol. The Kier molecular flexibility index (Phi) is 16.8. The van der Waals surface area contributed by atoms with Gasteiger partial charge in [-0.3, -0.25) is 0 Å². The van der Waals surface area contributed by atoms with Gasteiger partial charge in [-0.25, -0.2) is 0 Å². The van der Waals surface area contributed by atoms with E-state index in [1.54, 1.807) is 0 Å². The van der Waals surface area contributed by atoms with Gasteiger partial charge in [0, 0.05) is 10.6 Å². The zero-order valence-corrected chi connectivity index (χ0v) is 50.1. The fraction of sp³-hybridized carbons (Fsp3) is 0.217. The van der Waals surface area contributed by atoms with Crippen LogP contribution in [0.2, 0.25) is 0 Å². The third-order valence-corrected chi connectivity index (χ3v) is 19.7. The topological polar surface area (TPSA) is 46.2 Å². The van der Waals surface area contributed by atoms with E-state index < -0.39 is 24.9 Å². The second kappa shape index (κ2) is 23.5. The molecule has 0 N–H and O–H groups in total. The molecule has 8 heteroatoms. The van der Waals surface area contributed by atoms with Crippen molar-refractivity contribution in [3.05, 3.63) is 241 Å². The maximum absolute atomic E-state index is 7.13. The summed E-state index contributed by atoms with van der Waals surface area (Å²) >= 11 is 0. The summed E-state index contributed by atoms with van der Waals surface area (Å²) in [6, 6.07) is 56.7. The zero-order chi connectivity index (χ0) is 54.8. The molecule has 0 aliphatic carbocycles. The minimum atomic E-state index is -1.51. The first-order valence-corrected chi connectivity index (χ1v) is 30.0. The quantitative estimate of drug-likeness (QED) is 0.0903. The molecular formula is C69H71O5P3. The minimum absolute atomic E-state index is 0.841. The molecule has 0 amide bonds. The van der Waals surface area contributed by atoms with Gasteiger partial charge in [-0.05, 0) is 264 Å². The van der Waals surface area contributed by atoms with Crippen molar-refractivity contribution >= 4 is 46.1 Å². The van der Waals surface area contributed by atoms with Gasteiger partial charge in [-0.15, -0.1) is 0 Å². The van der Waals surface area contributed by atoms with E-state index >= 15 is 0 Å². The van der Waals surface area contributed by atoms with Crippen LogP contribution >= 0.6 is 24.9 Å². The van der Waals surface area contributed by atoms with Crippen LogP contribution in [-0.2, 0) is 0 Å². The Morgan fingerprint density at radius 2 is 0.377 bits per heavy atom. The van der Waals surface area contributed by atoms with E-state index in [1.165, 1.54) is 55.6 Å². The maximum atomic E-state index is 7.13. The monoisotopic (exact) mass is 1070 g/mol. The molecule has 9 aromatic rings. The van der Waals surface area contributed by atoms with Crippen molar-refractivity contribution in [1.82, 2.24) is 0 Å². The summed E-state index contributed by atoms with van der Waals surface area (Å²) in [5.41, 5.74) is 22.1. The molecule has 0 aliphatic rings. The Morgan fingerprint density at radius 1 is 0.195 bits per heavy atom. The number of hydrogen-bond acceptors (Lipinski definition) is 5.